The molecule has 1 aromatic heterocycles. The van der Waals surface area contributed by atoms with Crippen molar-refractivity contribution in [2.75, 3.05) is 0 Å². The molecular formula is C29H27Cl2NO4S. The van der Waals surface area contributed by atoms with Crippen LogP contribution in [0.2, 0.25) is 10.0 Å². The molecule has 4 atom stereocenters. The van der Waals surface area contributed by atoms with Crippen LogP contribution in [0.4, 0.5) is 0 Å². The molecule has 2 fully saturated rings. The van der Waals surface area contributed by atoms with Crippen LogP contribution in [0, 0.1) is 11.8 Å². The topological polar surface area (TPSA) is 74.7 Å². The summed E-state index contributed by atoms with van der Waals surface area (Å²) < 4.78 is 0. The van der Waals surface area contributed by atoms with Crippen molar-refractivity contribution < 1.29 is 19.5 Å². The van der Waals surface area contributed by atoms with Crippen LogP contribution in [0.1, 0.15) is 64.9 Å². The van der Waals surface area contributed by atoms with Crippen LogP contribution in [0.25, 0.3) is 0 Å². The second-order valence-corrected chi connectivity index (χ2v) is 11.6. The van der Waals surface area contributed by atoms with Gasteiger partial charge in [-0.25, -0.2) is 4.79 Å². The van der Waals surface area contributed by atoms with Crippen molar-refractivity contribution in [3.05, 3.63) is 92.1 Å². The van der Waals surface area contributed by atoms with E-state index in [9.17, 15) is 19.5 Å². The Bertz CT molecular complexity index is 1270. The Labute approximate surface area is 230 Å². The minimum atomic E-state index is -1.20. The normalized spacial score (nSPS) is 24.2. The molecular weight excluding hydrogens is 529 g/mol. The number of aliphatic carboxylic acids is 1. The zero-order chi connectivity index (χ0) is 26.1. The number of Topliss-reactive ketones (excluding diaryl/α,β-unsaturated/α-hetero) is 1. The molecule has 192 valence electrons. The summed E-state index contributed by atoms with van der Waals surface area (Å²) in [6.45, 7) is 0. The summed E-state index contributed by atoms with van der Waals surface area (Å²) in [6.07, 6.45) is 4.39. The number of halogens is 2. The number of benzene rings is 2. The number of carboxylic acids is 1. The molecule has 1 saturated carbocycles. The Morgan fingerprint density at radius 2 is 1.43 bits per heavy atom. The molecule has 37 heavy (non-hydrogen) atoms. The predicted molar refractivity (Wildman–Crippen MR) is 145 cm³/mol. The van der Waals surface area contributed by atoms with Crippen molar-refractivity contribution in [1.82, 2.24) is 4.90 Å². The van der Waals surface area contributed by atoms with E-state index in [1.165, 1.54) is 16.2 Å². The summed E-state index contributed by atoms with van der Waals surface area (Å²) >= 11 is 13.7. The molecule has 1 amide bonds. The Hall–Kier alpha value is -2.67. The van der Waals surface area contributed by atoms with Gasteiger partial charge in [0.15, 0.2) is 5.78 Å². The van der Waals surface area contributed by atoms with Gasteiger partial charge in [-0.3, -0.25) is 9.59 Å². The van der Waals surface area contributed by atoms with Crippen molar-refractivity contribution in [3.8, 4) is 0 Å². The second kappa shape index (κ2) is 11.0. The molecule has 2 aromatic carbocycles. The average molecular weight is 557 g/mol. The molecule has 5 nitrogen and oxygen atoms in total. The van der Waals surface area contributed by atoms with E-state index in [1.54, 1.807) is 60.7 Å². The first-order chi connectivity index (χ1) is 17.9. The summed E-state index contributed by atoms with van der Waals surface area (Å²) in [6, 6.07) is 15.6. The highest BCUT2D eigenvalue weighted by molar-refractivity contribution is 7.12. The molecule has 8 heteroatoms. The zero-order valence-electron chi connectivity index (χ0n) is 20.1. The first-order valence-electron chi connectivity index (χ1n) is 12.5. The number of hydrogen-bond acceptors (Lipinski definition) is 4. The lowest BCUT2D eigenvalue weighted by Gasteiger charge is -2.34. The van der Waals surface area contributed by atoms with Crippen molar-refractivity contribution in [2.24, 2.45) is 11.8 Å². The summed E-state index contributed by atoms with van der Waals surface area (Å²) in [5, 5.41) is 13.5. The smallest absolute Gasteiger partial charge is 0.327 e. The van der Waals surface area contributed by atoms with Gasteiger partial charge in [0, 0.05) is 21.9 Å². The largest absolute Gasteiger partial charge is 0.480 e. The van der Waals surface area contributed by atoms with Crippen molar-refractivity contribution in [2.45, 2.75) is 50.1 Å². The first kappa shape index (κ1) is 26.0. The number of thiophene rings is 1. The highest BCUT2D eigenvalue weighted by atomic mass is 35.5. The maximum Gasteiger partial charge on any atom is 0.327 e. The summed E-state index contributed by atoms with van der Waals surface area (Å²) in [7, 11) is 0. The highest BCUT2D eigenvalue weighted by Gasteiger charge is 2.58. The zero-order valence-corrected chi connectivity index (χ0v) is 22.4. The Kier molecular flexibility index (Phi) is 7.70. The molecule has 2 aliphatic rings. The number of ketones is 1. The van der Waals surface area contributed by atoms with Crippen LogP contribution in [-0.2, 0) is 9.59 Å². The van der Waals surface area contributed by atoms with E-state index in [0.717, 1.165) is 32.1 Å². The van der Waals surface area contributed by atoms with Crippen LogP contribution in [-0.4, -0.2) is 33.7 Å². The standard InChI is InChI=1S/C29H27Cl2NO4S/c30-20-12-8-17(9-13-20)23-24(27(33)22-7-4-16-37-22)25(18-10-14-21(31)15-11-18)32(26(23)29(35)36)28(34)19-5-2-1-3-6-19/h4,7-16,19,23-26H,1-3,5-6H2,(H,35,36). The van der Waals surface area contributed by atoms with E-state index in [-0.39, 0.29) is 17.6 Å². The third kappa shape index (κ3) is 5.07. The number of amides is 1. The third-order valence-corrected chi connectivity index (χ3v) is 9.05. The van der Waals surface area contributed by atoms with Crippen molar-refractivity contribution >= 4 is 52.2 Å². The molecule has 4 unspecified atom stereocenters. The highest BCUT2D eigenvalue weighted by Crippen LogP contribution is 2.52. The quantitative estimate of drug-likeness (QED) is 0.325. The monoisotopic (exact) mass is 555 g/mol. The molecule has 2 heterocycles. The fourth-order valence-electron chi connectivity index (χ4n) is 6.01. The molecule has 3 aromatic rings. The van der Waals surface area contributed by atoms with Gasteiger partial charge in [0.1, 0.15) is 6.04 Å². The number of carboxylic acid groups (broad SMARTS) is 1. The number of hydrogen-bond donors (Lipinski definition) is 1. The molecule has 5 rings (SSSR count). The van der Waals surface area contributed by atoms with E-state index in [2.05, 4.69) is 0 Å². The van der Waals surface area contributed by atoms with Gasteiger partial charge in [-0.15, -0.1) is 11.3 Å². The Morgan fingerprint density at radius 3 is 1.97 bits per heavy atom. The lowest BCUT2D eigenvalue weighted by molar-refractivity contribution is -0.152. The van der Waals surface area contributed by atoms with E-state index in [4.69, 9.17) is 23.2 Å². The maximum atomic E-state index is 14.2. The third-order valence-electron chi connectivity index (χ3n) is 7.66. The van der Waals surface area contributed by atoms with Crippen LogP contribution < -0.4 is 0 Å². The number of carbonyl (C=O) groups is 3. The van der Waals surface area contributed by atoms with Crippen LogP contribution in [0.3, 0.4) is 0 Å². The van der Waals surface area contributed by atoms with Crippen LogP contribution in [0.5, 0.6) is 0 Å². The van der Waals surface area contributed by atoms with Gasteiger partial charge in [0.2, 0.25) is 5.91 Å². The van der Waals surface area contributed by atoms with Gasteiger partial charge >= 0.3 is 5.97 Å². The summed E-state index contributed by atoms with van der Waals surface area (Å²) in [5.74, 6) is -3.28. The fourth-order valence-corrected chi connectivity index (χ4v) is 6.98. The van der Waals surface area contributed by atoms with E-state index < -0.39 is 29.9 Å². The van der Waals surface area contributed by atoms with Gasteiger partial charge in [-0.2, -0.15) is 0 Å². The van der Waals surface area contributed by atoms with Gasteiger partial charge < -0.3 is 10.0 Å². The summed E-state index contributed by atoms with van der Waals surface area (Å²) in [5.41, 5.74) is 1.37. The average Bonchev–Trinajstić information content (AvgIpc) is 3.56. The second-order valence-electron chi connectivity index (χ2n) is 9.80. The van der Waals surface area contributed by atoms with Crippen LogP contribution >= 0.6 is 34.5 Å². The van der Waals surface area contributed by atoms with Gasteiger partial charge in [-0.1, -0.05) is 72.8 Å². The molecule has 0 bridgehead atoms. The molecule has 0 radical (unpaired) electrons. The van der Waals surface area contributed by atoms with E-state index in [0.29, 0.717) is 26.0 Å². The molecule has 0 spiro atoms. The van der Waals surface area contributed by atoms with E-state index in [1.807, 2.05) is 5.38 Å². The van der Waals surface area contributed by atoms with Crippen molar-refractivity contribution in [1.29, 1.82) is 0 Å². The fraction of sp³-hybridized carbons (Fsp3) is 0.345. The molecule has 1 aliphatic heterocycles. The van der Waals surface area contributed by atoms with Crippen LogP contribution in [0.15, 0.2) is 66.0 Å². The minimum Gasteiger partial charge on any atom is -0.480 e. The number of likely N-dealkylation sites (tertiary alicyclic amines) is 1. The Morgan fingerprint density at radius 1 is 0.838 bits per heavy atom. The summed E-state index contributed by atoms with van der Waals surface area (Å²) in [4.78, 5) is 43.3. The van der Waals surface area contributed by atoms with Gasteiger partial charge in [0.25, 0.3) is 0 Å². The van der Waals surface area contributed by atoms with Gasteiger partial charge in [0.05, 0.1) is 16.8 Å². The lowest BCUT2D eigenvalue weighted by atomic mass is 9.77. The first-order valence-corrected chi connectivity index (χ1v) is 14.1. The molecule has 1 saturated heterocycles. The number of carbonyl (C=O) groups excluding carboxylic acids is 2. The predicted octanol–water partition coefficient (Wildman–Crippen LogP) is 7.25. The Balaban J connectivity index is 1.72. The molecule has 1 aliphatic carbocycles. The number of rotatable bonds is 6. The molecule has 1 N–H and O–H groups in total. The minimum absolute atomic E-state index is 0.167. The lowest BCUT2D eigenvalue weighted by Crippen LogP contribution is -2.46. The number of nitrogens with zero attached hydrogens (tertiary/aromatic N) is 1. The van der Waals surface area contributed by atoms with E-state index >= 15 is 0 Å². The van der Waals surface area contributed by atoms with Crippen molar-refractivity contribution in [3.63, 3.8) is 0 Å². The maximum absolute atomic E-state index is 14.2. The SMILES string of the molecule is O=C(c1cccs1)C1C(c2ccc(Cl)cc2)C(C(=O)O)N(C(=O)C2CCCCC2)C1c1ccc(Cl)cc1. The van der Waals surface area contributed by atoms with Gasteiger partial charge in [-0.05, 0) is 59.7 Å².